The fraction of sp³-hybridized carbons (Fsp3) is 0.750. The summed E-state index contributed by atoms with van der Waals surface area (Å²) in [6.45, 7) is 12.0. The number of benzene rings is 1. The molecule has 0 unspecified atom stereocenters. The van der Waals surface area contributed by atoms with Crippen LogP contribution in [0.5, 0.6) is 11.5 Å². The highest BCUT2D eigenvalue weighted by Crippen LogP contribution is 2.35. The Labute approximate surface area is 241 Å². The maximum atomic E-state index is 13.5. The highest BCUT2D eigenvalue weighted by molar-refractivity contribution is 5.96. The molecule has 1 amide bonds. The number of nitrogens with zero attached hydrogens (tertiary/aromatic N) is 1. The largest absolute Gasteiger partial charge is 0.493 e. The van der Waals surface area contributed by atoms with Crippen molar-refractivity contribution >= 4 is 11.7 Å². The second kappa shape index (κ2) is 15.7. The van der Waals surface area contributed by atoms with E-state index in [0.717, 1.165) is 38.8 Å². The summed E-state index contributed by atoms with van der Waals surface area (Å²) in [6, 6.07) is 5.69. The summed E-state index contributed by atoms with van der Waals surface area (Å²) in [5.41, 5.74) is 0.638. The molecular weight excluding hydrogens is 508 g/mol. The van der Waals surface area contributed by atoms with Crippen molar-refractivity contribution in [3.8, 4) is 11.5 Å². The first kappa shape index (κ1) is 32.4. The molecule has 3 rings (SSSR count). The van der Waals surface area contributed by atoms with Crippen molar-refractivity contribution in [3.05, 3.63) is 23.8 Å². The quantitative estimate of drug-likeness (QED) is 0.200. The Morgan fingerprint density at radius 3 is 2.40 bits per heavy atom. The number of methoxy groups -OCH3 is 2. The Balaban J connectivity index is 1.64. The Kier molecular flexibility index (Phi) is 12.7. The molecule has 0 radical (unpaired) electrons. The van der Waals surface area contributed by atoms with Crippen LogP contribution >= 0.6 is 0 Å². The molecule has 4 atom stereocenters. The van der Waals surface area contributed by atoms with Crippen LogP contribution in [0.4, 0.5) is 0 Å². The van der Waals surface area contributed by atoms with Crippen LogP contribution in [-0.2, 0) is 9.53 Å². The predicted octanol–water partition coefficient (Wildman–Crippen LogP) is 4.58. The smallest absolute Gasteiger partial charge is 0.251 e. The van der Waals surface area contributed by atoms with Crippen LogP contribution in [0.2, 0.25) is 0 Å². The maximum Gasteiger partial charge on any atom is 0.251 e. The molecule has 8 heteroatoms. The summed E-state index contributed by atoms with van der Waals surface area (Å²) < 4.78 is 16.4. The highest BCUT2D eigenvalue weighted by atomic mass is 16.5. The molecule has 1 saturated carbocycles. The molecule has 8 nitrogen and oxygen atoms in total. The van der Waals surface area contributed by atoms with Crippen LogP contribution < -0.4 is 14.8 Å². The first-order valence-electron chi connectivity index (χ1n) is 15.2. The van der Waals surface area contributed by atoms with Crippen molar-refractivity contribution < 1.29 is 28.9 Å². The molecule has 0 aromatic heterocycles. The van der Waals surface area contributed by atoms with Crippen LogP contribution in [-0.4, -0.2) is 80.9 Å². The number of hydrogen-bond donors (Lipinski definition) is 2. The lowest BCUT2D eigenvalue weighted by Gasteiger charge is -2.32. The Bertz CT molecular complexity index is 947. The fourth-order valence-corrected chi connectivity index (χ4v) is 5.76. The Morgan fingerprint density at radius 2 is 1.77 bits per heavy atom. The minimum absolute atomic E-state index is 0.109. The Morgan fingerprint density at radius 1 is 1.05 bits per heavy atom. The number of hydrogen-bond acceptors (Lipinski definition) is 7. The summed E-state index contributed by atoms with van der Waals surface area (Å²) in [7, 11) is 3.26. The number of nitrogens with one attached hydrogen (secondary N) is 1. The molecule has 1 saturated heterocycles. The second-order valence-electron chi connectivity index (χ2n) is 12.5. The summed E-state index contributed by atoms with van der Waals surface area (Å²) >= 11 is 0. The van der Waals surface area contributed by atoms with Crippen LogP contribution in [0.3, 0.4) is 0 Å². The van der Waals surface area contributed by atoms with Crippen LogP contribution in [0.1, 0.15) is 76.6 Å². The van der Waals surface area contributed by atoms with E-state index in [2.05, 4.69) is 19.2 Å². The normalized spacial score (nSPS) is 20.5. The van der Waals surface area contributed by atoms with Gasteiger partial charge in [-0.25, -0.2) is 0 Å². The van der Waals surface area contributed by atoms with Crippen LogP contribution in [0.25, 0.3) is 0 Å². The van der Waals surface area contributed by atoms with Crippen LogP contribution in [0.15, 0.2) is 18.2 Å². The van der Waals surface area contributed by atoms with Gasteiger partial charge in [-0.15, -0.1) is 0 Å². The zero-order chi connectivity index (χ0) is 29.2. The van der Waals surface area contributed by atoms with Crippen molar-refractivity contribution in [2.24, 2.45) is 29.6 Å². The molecule has 40 heavy (non-hydrogen) atoms. The average molecular weight is 561 g/mol. The van der Waals surface area contributed by atoms with Crippen LogP contribution in [0, 0.1) is 29.6 Å². The number of carbonyl (C=O) groups excluding carboxylic acids is 2. The number of Topliss-reactive ketones (excluding diaryl/α,β-unsaturated/α-hetero) is 1. The van der Waals surface area contributed by atoms with E-state index >= 15 is 0 Å². The molecule has 1 aromatic carbocycles. The summed E-state index contributed by atoms with van der Waals surface area (Å²) in [5.74, 6) is 2.74. The lowest BCUT2D eigenvalue weighted by atomic mass is 9.78. The van der Waals surface area contributed by atoms with E-state index in [0.29, 0.717) is 67.4 Å². The zero-order valence-electron chi connectivity index (χ0n) is 25.5. The topological polar surface area (TPSA) is 97.3 Å². The van der Waals surface area contributed by atoms with Crippen molar-refractivity contribution in [2.75, 3.05) is 47.1 Å². The van der Waals surface area contributed by atoms with Crippen molar-refractivity contribution in [1.82, 2.24) is 10.2 Å². The van der Waals surface area contributed by atoms with Gasteiger partial charge in [-0.3, -0.25) is 9.59 Å². The van der Waals surface area contributed by atoms with Gasteiger partial charge in [0.25, 0.3) is 5.91 Å². The highest BCUT2D eigenvalue weighted by Gasteiger charge is 2.40. The summed E-state index contributed by atoms with van der Waals surface area (Å²) in [4.78, 5) is 28.6. The van der Waals surface area contributed by atoms with Gasteiger partial charge in [0.2, 0.25) is 0 Å². The monoisotopic (exact) mass is 560 g/mol. The fourth-order valence-electron chi connectivity index (χ4n) is 5.76. The molecule has 1 aliphatic heterocycles. The third kappa shape index (κ3) is 9.45. The Hall–Kier alpha value is -2.16. The molecule has 1 heterocycles. The van der Waals surface area contributed by atoms with Gasteiger partial charge < -0.3 is 29.5 Å². The predicted molar refractivity (Wildman–Crippen MR) is 157 cm³/mol. The van der Waals surface area contributed by atoms with Crippen molar-refractivity contribution in [2.45, 2.75) is 78.4 Å². The molecule has 1 aliphatic carbocycles. The van der Waals surface area contributed by atoms with E-state index in [1.165, 1.54) is 0 Å². The number of amides is 1. The second-order valence-corrected chi connectivity index (χ2v) is 12.5. The first-order valence-corrected chi connectivity index (χ1v) is 15.2. The van der Waals surface area contributed by atoms with Gasteiger partial charge in [-0.1, -0.05) is 27.7 Å². The van der Waals surface area contributed by atoms with E-state index in [1.807, 2.05) is 24.8 Å². The third-order valence-electron chi connectivity index (χ3n) is 8.39. The third-order valence-corrected chi connectivity index (χ3v) is 8.39. The van der Waals surface area contributed by atoms with Gasteiger partial charge in [0.1, 0.15) is 6.10 Å². The minimum atomic E-state index is -0.923. The minimum Gasteiger partial charge on any atom is -0.493 e. The van der Waals surface area contributed by atoms with E-state index in [1.54, 1.807) is 26.4 Å². The van der Waals surface area contributed by atoms with Gasteiger partial charge in [-0.2, -0.15) is 0 Å². The molecular formula is C32H52N2O6. The lowest BCUT2D eigenvalue weighted by molar-refractivity contribution is -0.142. The maximum absolute atomic E-state index is 13.5. The number of ether oxygens (including phenoxy) is 3. The SMILES string of the molecule is COCCCOc1cc(C(=O)C[C@H](C[C@@H]2CNC[C@H]2CN(C(=O)[C@@H](O)CC(C)C)C2CC2)C(C)C)ccc1OC. The summed E-state index contributed by atoms with van der Waals surface area (Å²) in [5, 5.41) is 14.1. The van der Waals surface area contributed by atoms with E-state index in [4.69, 9.17) is 14.2 Å². The molecule has 1 aromatic rings. The van der Waals surface area contributed by atoms with E-state index in [9.17, 15) is 14.7 Å². The summed E-state index contributed by atoms with van der Waals surface area (Å²) in [6.07, 6.45) is 3.77. The van der Waals surface area contributed by atoms with E-state index < -0.39 is 6.10 Å². The van der Waals surface area contributed by atoms with Gasteiger partial charge >= 0.3 is 0 Å². The van der Waals surface area contributed by atoms with Gasteiger partial charge in [-0.05, 0) is 86.6 Å². The van der Waals surface area contributed by atoms with Gasteiger partial charge in [0.05, 0.1) is 13.7 Å². The number of carbonyl (C=O) groups is 2. The number of ketones is 1. The number of aliphatic hydroxyl groups excluding tert-OH is 1. The van der Waals surface area contributed by atoms with Crippen molar-refractivity contribution in [1.29, 1.82) is 0 Å². The lowest BCUT2D eigenvalue weighted by Crippen LogP contribution is -2.45. The molecule has 226 valence electrons. The standard InChI is InChI=1S/C32H52N2O6/c1-21(2)14-29(36)32(37)34(27-9-10-27)20-26-19-33-18-25(26)15-24(22(3)4)16-28(35)23-8-11-30(39-6)31(17-23)40-13-7-12-38-5/h8,11,17,21-22,24-27,29,33,36H,7,9-10,12-16,18-20H2,1-6H3/t24-,25+,26-,29-/m0/s1. The van der Waals surface area contributed by atoms with E-state index in [-0.39, 0.29) is 29.6 Å². The average Bonchev–Trinajstić information content (AvgIpc) is 3.67. The van der Waals surface area contributed by atoms with Crippen molar-refractivity contribution in [3.63, 3.8) is 0 Å². The molecule has 2 aliphatic rings. The first-order chi connectivity index (χ1) is 19.1. The molecule has 0 spiro atoms. The van der Waals surface area contributed by atoms with Gasteiger partial charge in [0.15, 0.2) is 17.3 Å². The number of aliphatic hydroxyl groups is 1. The molecule has 2 fully saturated rings. The number of rotatable bonds is 18. The molecule has 0 bridgehead atoms. The molecule has 2 N–H and O–H groups in total. The zero-order valence-corrected chi connectivity index (χ0v) is 25.5. The van der Waals surface area contributed by atoms with Gasteiger partial charge in [0, 0.05) is 44.7 Å².